The molecule has 138 valence electrons. The lowest BCUT2D eigenvalue weighted by Crippen LogP contribution is -2.55. The largest absolute Gasteiger partial charge is 0.480 e. The number of anilines is 1. The van der Waals surface area contributed by atoms with Gasteiger partial charge in [-0.05, 0) is 37.5 Å². The zero-order valence-electron chi connectivity index (χ0n) is 14.7. The third-order valence-corrected chi connectivity index (χ3v) is 5.60. The van der Waals surface area contributed by atoms with Gasteiger partial charge in [0.05, 0.1) is 12.2 Å². The van der Waals surface area contributed by atoms with Gasteiger partial charge in [-0.1, -0.05) is 13.8 Å². The SMILES string of the molecule is CC(C)c1csc(NC(=O)NC2CC(N(CC(=O)O)CC3CC3)C2)n1. The Labute approximate surface area is 151 Å². The number of carbonyl (C=O) groups is 2. The smallest absolute Gasteiger partial charge is 0.321 e. The first-order valence-corrected chi connectivity index (χ1v) is 9.77. The number of carboxylic acids is 1. The first-order chi connectivity index (χ1) is 11.9. The van der Waals surface area contributed by atoms with E-state index >= 15 is 0 Å². The molecule has 0 spiro atoms. The second-order valence-electron chi connectivity index (χ2n) is 7.42. The van der Waals surface area contributed by atoms with Crippen LogP contribution in [-0.4, -0.2) is 52.2 Å². The first kappa shape index (κ1) is 18.1. The topological polar surface area (TPSA) is 94.6 Å². The Morgan fingerprint density at radius 1 is 1.40 bits per heavy atom. The van der Waals surface area contributed by atoms with E-state index in [1.54, 1.807) is 0 Å². The zero-order valence-corrected chi connectivity index (χ0v) is 15.5. The number of hydrogen-bond donors (Lipinski definition) is 3. The summed E-state index contributed by atoms with van der Waals surface area (Å²) in [5.74, 6) is 0.225. The summed E-state index contributed by atoms with van der Waals surface area (Å²) in [6, 6.07) is 0.125. The van der Waals surface area contributed by atoms with Crippen LogP contribution in [0.1, 0.15) is 51.1 Å². The van der Waals surface area contributed by atoms with Crippen molar-refractivity contribution in [2.45, 2.75) is 57.5 Å². The number of nitrogens with one attached hydrogen (secondary N) is 2. The fraction of sp³-hybridized carbons (Fsp3) is 0.706. The molecule has 8 heteroatoms. The third-order valence-electron chi connectivity index (χ3n) is 4.83. The van der Waals surface area contributed by atoms with Crippen molar-refractivity contribution in [3.8, 4) is 0 Å². The summed E-state index contributed by atoms with van der Waals surface area (Å²) in [7, 11) is 0. The normalized spacial score (nSPS) is 22.7. The molecule has 2 fully saturated rings. The zero-order chi connectivity index (χ0) is 18.0. The van der Waals surface area contributed by atoms with Crippen molar-refractivity contribution in [3.63, 3.8) is 0 Å². The molecule has 2 aliphatic rings. The Bertz CT molecular complexity index is 623. The number of rotatable bonds is 8. The van der Waals surface area contributed by atoms with Crippen LogP contribution in [0.4, 0.5) is 9.93 Å². The highest BCUT2D eigenvalue weighted by Gasteiger charge is 2.37. The summed E-state index contributed by atoms with van der Waals surface area (Å²) in [5.41, 5.74) is 0.980. The number of carboxylic acid groups (broad SMARTS) is 1. The van der Waals surface area contributed by atoms with Crippen LogP contribution in [0.25, 0.3) is 0 Å². The lowest BCUT2D eigenvalue weighted by Gasteiger charge is -2.42. The van der Waals surface area contributed by atoms with Crippen molar-refractivity contribution >= 4 is 28.5 Å². The molecule has 0 unspecified atom stereocenters. The quantitative estimate of drug-likeness (QED) is 0.658. The lowest BCUT2D eigenvalue weighted by atomic mass is 9.85. The van der Waals surface area contributed by atoms with Crippen molar-refractivity contribution in [2.24, 2.45) is 5.92 Å². The molecule has 25 heavy (non-hydrogen) atoms. The van der Waals surface area contributed by atoms with Crippen LogP contribution in [0, 0.1) is 5.92 Å². The van der Waals surface area contributed by atoms with E-state index in [2.05, 4.69) is 34.4 Å². The minimum absolute atomic E-state index is 0.0944. The van der Waals surface area contributed by atoms with Crippen LogP contribution >= 0.6 is 11.3 Å². The van der Waals surface area contributed by atoms with Crippen molar-refractivity contribution in [2.75, 3.05) is 18.4 Å². The Morgan fingerprint density at radius 3 is 2.68 bits per heavy atom. The van der Waals surface area contributed by atoms with Gasteiger partial charge in [0.15, 0.2) is 5.13 Å². The first-order valence-electron chi connectivity index (χ1n) is 8.89. The second kappa shape index (κ2) is 7.70. The predicted octanol–water partition coefficient (Wildman–Crippen LogP) is 2.72. The van der Waals surface area contributed by atoms with Crippen LogP contribution in [0.5, 0.6) is 0 Å². The molecule has 2 saturated carbocycles. The molecule has 2 aliphatic carbocycles. The summed E-state index contributed by atoms with van der Waals surface area (Å²) in [4.78, 5) is 29.6. The standard InChI is InChI=1S/C17H26N4O3S/c1-10(2)14-9-25-17(19-14)20-16(24)18-12-5-13(6-12)21(8-15(22)23)7-11-3-4-11/h9-13H,3-8H2,1-2H3,(H,22,23)(H2,18,19,20,24). The van der Waals surface area contributed by atoms with Crippen LogP contribution in [0.15, 0.2) is 5.38 Å². The van der Waals surface area contributed by atoms with E-state index < -0.39 is 5.97 Å². The number of carbonyl (C=O) groups excluding carboxylic acids is 1. The average molecular weight is 366 g/mol. The minimum Gasteiger partial charge on any atom is -0.480 e. The maximum atomic E-state index is 12.1. The Kier molecular flexibility index (Phi) is 5.58. The summed E-state index contributed by atoms with van der Waals surface area (Å²) in [5, 5.41) is 17.4. The van der Waals surface area contributed by atoms with Crippen LogP contribution in [0.3, 0.4) is 0 Å². The molecular formula is C17H26N4O3S. The molecule has 0 bridgehead atoms. The minimum atomic E-state index is -0.778. The van der Waals surface area contributed by atoms with Gasteiger partial charge in [0.2, 0.25) is 0 Å². The molecule has 1 aromatic rings. The van der Waals surface area contributed by atoms with Gasteiger partial charge in [0.1, 0.15) is 0 Å². The van der Waals surface area contributed by atoms with E-state index in [-0.39, 0.29) is 24.7 Å². The lowest BCUT2D eigenvalue weighted by molar-refractivity contribution is -0.139. The molecule has 0 atom stereocenters. The molecule has 3 rings (SSSR count). The van der Waals surface area contributed by atoms with Gasteiger partial charge < -0.3 is 10.4 Å². The molecule has 7 nitrogen and oxygen atoms in total. The molecule has 0 radical (unpaired) electrons. The van der Waals surface area contributed by atoms with Gasteiger partial charge in [0.25, 0.3) is 0 Å². The molecule has 1 heterocycles. The third kappa shape index (κ3) is 5.15. The van der Waals surface area contributed by atoms with E-state index in [1.165, 1.54) is 24.2 Å². The van der Waals surface area contributed by atoms with E-state index in [9.17, 15) is 9.59 Å². The van der Waals surface area contributed by atoms with Crippen molar-refractivity contribution in [1.29, 1.82) is 0 Å². The number of aromatic nitrogens is 1. The number of urea groups is 1. The number of amides is 2. The average Bonchev–Trinajstić information content (AvgIpc) is 3.17. The molecular weight excluding hydrogens is 340 g/mol. The monoisotopic (exact) mass is 366 g/mol. The van der Waals surface area contributed by atoms with Crippen molar-refractivity contribution in [3.05, 3.63) is 11.1 Å². The number of aliphatic carboxylic acids is 1. The summed E-state index contributed by atoms with van der Waals surface area (Å²) in [6.45, 7) is 5.10. The Hall–Kier alpha value is -1.67. The van der Waals surface area contributed by atoms with Gasteiger partial charge in [-0.2, -0.15) is 0 Å². The predicted molar refractivity (Wildman–Crippen MR) is 97.1 cm³/mol. The van der Waals surface area contributed by atoms with Crippen LogP contribution < -0.4 is 10.6 Å². The number of nitrogens with zero attached hydrogens (tertiary/aromatic N) is 2. The van der Waals surface area contributed by atoms with Gasteiger partial charge in [-0.3, -0.25) is 15.0 Å². The summed E-state index contributed by atoms with van der Waals surface area (Å²) < 4.78 is 0. The van der Waals surface area contributed by atoms with E-state index in [4.69, 9.17) is 5.11 Å². The summed E-state index contributed by atoms with van der Waals surface area (Å²) in [6.07, 6.45) is 4.03. The Balaban J connectivity index is 1.42. The molecule has 2 amide bonds. The van der Waals surface area contributed by atoms with E-state index in [0.29, 0.717) is 17.0 Å². The maximum absolute atomic E-state index is 12.1. The van der Waals surface area contributed by atoms with Gasteiger partial charge >= 0.3 is 12.0 Å². The van der Waals surface area contributed by atoms with Gasteiger partial charge in [-0.15, -0.1) is 11.3 Å². The molecule has 0 saturated heterocycles. The van der Waals surface area contributed by atoms with Crippen LogP contribution in [-0.2, 0) is 4.79 Å². The van der Waals surface area contributed by atoms with Crippen LogP contribution in [0.2, 0.25) is 0 Å². The number of thiazole rings is 1. The van der Waals surface area contributed by atoms with Gasteiger partial charge in [-0.25, -0.2) is 9.78 Å². The van der Waals surface area contributed by atoms with Crippen molar-refractivity contribution in [1.82, 2.24) is 15.2 Å². The molecule has 3 N–H and O–H groups in total. The highest BCUT2D eigenvalue weighted by Crippen LogP contribution is 2.33. The Morgan fingerprint density at radius 2 is 2.12 bits per heavy atom. The van der Waals surface area contributed by atoms with Gasteiger partial charge in [0, 0.05) is 24.0 Å². The molecule has 0 aliphatic heterocycles. The molecule has 1 aromatic heterocycles. The fourth-order valence-corrected chi connectivity index (χ4v) is 3.95. The maximum Gasteiger partial charge on any atom is 0.321 e. The summed E-state index contributed by atoms with van der Waals surface area (Å²) >= 11 is 1.43. The number of hydrogen-bond acceptors (Lipinski definition) is 5. The molecule has 0 aromatic carbocycles. The highest BCUT2D eigenvalue weighted by atomic mass is 32.1. The van der Waals surface area contributed by atoms with Crippen molar-refractivity contribution < 1.29 is 14.7 Å². The van der Waals surface area contributed by atoms with E-state index in [0.717, 1.165) is 25.1 Å². The second-order valence-corrected chi connectivity index (χ2v) is 8.28. The fourth-order valence-electron chi connectivity index (χ4n) is 3.08. The highest BCUT2D eigenvalue weighted by molar-refractivity contribution is 7.13. The van der Waals surface area contributed by atoms with E-state index in [1.807, 2.05) is 5.38 Å².